The van der Waals surface area contributed by atoms with Crippen LogP contribution in [0.25, 0.3) is 0 Å². The van der Waals surface area contributed by atoms with Crippen molar-refractivity contribution in [2.75, 3.05) is 23.7 Å². The molecule has 0 amide bonds. The molecule has 0 unspecified atom stereocenters. The molecule has 1 rings (SSSR count). The number of hydrogen-bond donors (Lipinski definition) is 2. The van der Waals surface area contributed by atoms with Gasteiger partial charge in [0.1, 0.15) is 0 Å². The van der Waals surface area contributed by atoms with Crippen LogP contribution in [0.5, 0.6) is 0 Å². The van der Waals surface area contributed by atoms with Crippen molar-refractivity contribution in [3.63, 3.8) is 0 Å². The van der Waals surface area contributed by atoms with Crippen LogP contribution in [0.4, 0.5) is 5.69 Å². The molecular formula is C15H21NO4S. The van der Waals surface area contributed by atoms with E-state index in [2.05, 4.69) is 16.6 Å². The molecule has 5 nitrogen and oxygen atoms in total. The van der Waals surface area contributed by atoms with Gasteiger partial charge in [0.2, 0.25) is 10.0 Å². The molecule has 0 aromatic heterocycles. The van der Waals surface area contributed by atoms with Crippen LogP contribution >= 0.6 is 0 Å². The standard InChI is InChI=1S/C15H21NO4S/c1-13(2)20-11-12-21(18,19)16-15-9-4-3-7-14(15)8-5-6-10-17/h3-4,7,9,13,16-17H,6,10-12H2,1-2H3. The highest BCUT2D eigenvalue weighted by Crippen LogP contribution is 2.15. The van der Waals surface area contributed by atoms with E-state index in [1.54, 1.807) is 24.3 Å². The summed E-state index contributed by atoms with van der Waals surface area (Å²) in [7, 11) is -3.48. The van der Waals surface area contributed by atoms with E-state index in [1.165, 1.54) is 0 Å². The molecule has 21 heavy (non-hydrogen) atoms. The normalized spacial score (nSPS) is 11.0. The Balaban J connectivity index is 2.76. The van der Waals surface area contributed by atoms with E-state index in [1.807, 2.05) is 13.8 Å². The van der Waals surface area contributed by atoms with Crippen molar-refractivity contribution in [2.24, 2.45) is 0 Å². The zero-order chi connectivity index (χ0) is 15.7. The monoisotopic (exact) mass is 311 g/mol. The highest BCUT2D eigenvalue weighted by molar-refractivity contribution is 7.92. The summed E-state index contributed by atoms with van der Waals surface area (Å²) < 4.78 is 31.7. The lowest BCUT2D eigenvalue weighted by Gasteiger charge is -2.11. The van der Waals surface area contributed by atoms with Gasteiger partial charge in [-0.05, 0) is 26.0 Å². The van der Waals surface area contributed by atoms with Crippen LogP contribution in [0.15, 0.2) is 24.3 Å². The predicted molar refractivity (Wildman–Crippen MR) is 83.5 cm³/mol. The van der Waals surface area contributed by atoms with Crippen molar-refractivity contribution in [3.8, 4) is 11.8 Å². The number of benzene rings is 1. The Hall–Kier alpha value is -1.55. The molecule has 0 atom stereocenters. The quantitative estimate of drug-likeness (QED) is 0.750. The fourth-order valence-corrected chi connectivity index (χ4v) is 2.44. The largest absolute Gasteiger partial charge is 0.395 e. The molecular weight excluding hydrogens is 290 g/mol. The van der Waals surface area contributed by atoms with Gasteiger partial charge >= 0.3 is 0 Å². The van der Waals surface area contributed by atoms with Gasteiger partial charge in [-0.1, -0.05) is 24.0 Å². The topological polar surface area (TPSA) is 75.6 Å². The molecule has 0 aliphatic carbocycles. The summed E-state index contributed by atoms with van der Waals surface area (Å²) in [6, 6.07) is 6.90. The van der Waals surface area contributed by atoms with Gasteiger partial charge in [0, 0.05) is 12.0 Å². The molecule has 6 heteroatoms. The molecule has 116 valence electrons. The van der Waals surface area contributed by atoms with Crippen molar-refractivity contribution in [1.29, 1.82) is 0 Å². The predicted octanol–water partition coefficient (Wildman–Crippen LogP) is 1.59. The van der Waals surface area contributed by atoms with Gasteiger partial charge in [-0.15, -0.1) is 0 Å². The second-order valence-electron chi connectivity index (χ2n) is 4.66. The highest BCUT2D eigenvalue weighted by Gasteiger charge is 2.12. The van der Waals surface area contributed by atoms with E-state index in [0.717, 1.165) is 0 Å². The molecule has 2 N–H and O–H groups in total. The van der Waals surface area contributed by atoms with Gasteiger partial charge in [-0.2, -0.15) is 0 Å². The molecule has 0 aliphatic heterocycles. The fraction of sp³-hybridized carbons (Fsp3) is 0.467. The van der Waals surface area contributed by atoms with Gasteiger partial charge < -0.3 is 9.84 Å². The Morgan fingerprint density at radius 1 is 1.33 bits per heavy atom. The minimum atomic E-state index is -3.48. The average molecular weight is 311 g/mol. The zero-order valence-electron chi connectivity index (χ0n) is 12.3. The number of ether oxygens (including phenoxy) is 1. The summed E-state index contributed by atoms with van der Waals surface area (Å²) in [5, 5.41) is 8.71. The lowest BCUT2D eigenvalue weighted by molar-refractivity contribution is 0.0913. The molecule has 1 aromatic carbocycles. The molecule has 0 spiro atoms. The van der Waals surface area contributed by atoms with Gasteiger partial charge in [-0.3, -0.25) is 4.72 Å². The summed E-state index contributed by atoms with van der Waals surface area (Å²) in [4.78, 5) is 0. The van der Waals surface area contributed by atoms with Gasteiger partial charge in [0.15, 0.2) is 0 Å². The number of aliphatic hydroxyl groups excluding tert-OH is 1. The lowest BCUT2D eigenvalue weighted by atomic mass is 10.2. The van der Waals surface area contributed by atoms with Crippen LogP contribution in [0.2, 0.25) is 0 Å². The lowest BCUT2D eigenvalue weighted by Crippen LogP contribution is -2.22. The first-order chi connectivity index (χ1) is 9.94. The number of aliphatic hydroxyl groups is 1. The summed E-state index contributed by atoms with van der Waals surface area (Å²) >= 11 is 0. The number of nitrogens with one attached hydrogen (secondary N) is 1. The summed E-state index contributed by atoms with van der Waals surface area (Å²) in [5.74, 6) is 5.51. The molecule has 0 bridgehead atoms. The number of rotatable bonds is 7. The van der Waals surface area contributed by atoms with Crippen LogP contribution in [0, 0.1) is 11.8 Å². The number of sulfonamides is 1. The van der Waals surface area contributed by atoms with E-state index in [9.17, 15) is 8.42 Å². The number of para-hydroxylation sites is 1. The first-order valence-corrected chi connectivity index (χ1v) is 8.40. The third-order valence-corrected chi connectivity index (χ3v) is 3.69. The first kappa shape index (κ1) is 17.5. The smallest absolute Gasteiger partial charge is 0.235 e. The van der Waals surface area contributed by atoms with E-state index in [-0.39, 0.29) is 25.1 Å². The van der Waals surface area contributed by atoms with Crippen LogP contribution in [0.3, 0.4) is 0 Å². The Morgan fingerprint density at radius 2 is 2.05 bits per heavy atom. The molecule has 0 heterocycles. The van der Waals surface area contributed by atoms with Gasteiger partial charge in [0.25, 0.3) is 0 Å². The summed E-state index contributed by atoms with van der Waals surface area (Å²) in [6.07, 6.45) is 0.348. The van der Waals surface area contributed by atoms with Crippen LogP contribution in [-0.2, 0) is 14.8 Å². The van der Waals surface area contributed by atoms with Crippen LogP contribution in [-0.4, -0.2) is 38.6 Å². The van der Waals surface area contributed by atoms with E-state index in [4.69, 9.17) is 9.84 Å². The number of hydrogen-bond acceptors (Lipinski definition) is 4. The van der Waals surface area contributed by atoms with E-state index < -0.39 is 10.0 Å². The summed E-state index contributed by atoms with van der Waals surface area (Å²) in [6.45, 7) is 3.83. The second kappa shape index (κ2) is 8.67. The van der Waals surface area contributed by atoms with Gasteiger partial charge in [0.05, 0.1) is 30.8 Å². The Labute approximate surface area is 126 Å². The first-order valence-electron chi connectivity index (χ1n) is 6.75. The molecule has 0 fully saturated rings. The summed E-state index contributed by atoms with van der Waals surface area (Å²) in [5.41, 5.74) is 1.02. The minimum Gasteiger partial charge on any atom is -0.395 e. The maximum atomic E-state index is 12.0. The minimum absolute atomic E-state index is 0.00293. The van der Waals surface area contributed by atoms with Crippen LogP contribution in [0.1, 0.15) is 25.8 Å². The zero-order valence-corrected chi connectivity index (χ0v) is 13.1. The average Bonchev–Trinajstić information content (AvgIpc) is 2.40. The number of anilines is 1. The van der Waals surface area contributed by atoms with Gasteiger partial charge in [-0.25, -0.2) is 8.42 Å². The van der Waals surface area contributed by atoms with Crippen molar-refractivity contribution in [3.05, 3.63) is 29.8 Å². The molecule has 0 saturated heterocycles. The molecule has 0 saturated carbocycles. The Kier molecular flexibility index (Phi) is 7.23. The van der Waals surface area contributed by atoms with Crippen LogP contribution < -0.4 is 4.72 Å². The second-order valence-corrected chi connectivity index (χ2v) is 6.50. The van der Waals surface area contributed by atoms with E-state index >= 15 is 0 Å². The van der Waals surface area contributed by atoms with Crippen molar-refractivity contribution < 1.29 is 18.3 Å². The Morgan fingerprint density at radius 3 is 2.71 bits per heavy atom. The molecule has 1 aromatic rings. The third-order valence-electron chi connectivity index (χ3n) is 2.46. The third kappa shape index (κ3) is 7.14. The van der Waals surface area contributed by atoms with Crippen molar-refractivity contribution >= 4 is 15.7 Å². The molecule has 0 radical (unpaired) electrons. The maximum Gasteiger partial charge on any atom is 0.235 e. The maximum absolute atomic E-state index is 12.0. The highest BCUT2D eigenvalue weighted by atomic mass is 32.2. The SMILES string of the molecule is CC(C)OCCS(=O)(=O)Nc1ccccc1C#CCCO. The molecule has 0 aliphatic rings. The van der Waals surface area contributed by atoms with E-state index in [0.29, 0.717) is 17.7 Å². The fourth-order valence-electron chi connectivity index (χ4n) is 1.51. The Bertz CT molecular complexity index is 600. The van der Waals surface area contributed by atoms with Crippen molar-refractivity contribution in [2.45, 2.75) is 26.4 Å². The van der Waals surface area contributed by atoms with Crippen molar-refractivity contribution in [1.82, 2.24) is 0 Å².